The van der Waals surface area contributed by atoms with E-state index >= 15 is 0 Å². The number of hydrogen-bond donors (Lipinski definition) is 1. The Hall–Kier alpha value is -0.300. The largest absolute Gasteiger partial charge is 0.392 e. The molecule has 1 N–H and O–H groups in total. The van der Waals surface area contributed by atoms with Crippen LogP contribution in [0.5, 0.6) is 0 Å². The van der Waals surface area contributed by atoms with Gasteiger partial charge in [0.1, 0.15) is 0 Å². The topological polar surface area (TPSA) is 20.2 Å². The molecule has 1 atom stereocenters. The zero-order valence-corrected chi connectivity index (χ0v) is 9.14. The Balaban J connectivity index is 2.45. The summed E-state index contributed by atoms with van der Waals surface area (Å²) in [5.74, 6) is 0.828. The smallest absolute Gasteiger partial charge is 0.0639 e. The molecule has 0 bridgehead atoms. The van der Waals surface area contributed by atoms with Gasteiger partial charge in [0.05, 0.1) is 6.61 Å². The molecule has 0 amide bonds. The van der Waals surface area contributed by atoms with Gasteiger partial charge in [-0.3, -0.25) is 0 Å². The highest BCUT2D eigenvalue weighted by molar-refractivity contribution is 5.00. The maximum absolute atomic E-state index is 8.87. The van der Waals surface area contributed by atoms with Crippen LogP contribution in [0, 0.1) is 11.3 Å². The Morgan fingerprint density at radius 3 is 2.69 bits per heavy atom. The van der Waals surface area contributed by atoms with Crippen molar-refractivity contribution in [1.29, 1.82) is 0 Å². The van der Waals surface area contributed by atoms with E-state index in [1.165, 1.54) is 19.3 Å². The molecule has 1 aliphatic carbocycles. The first kappa shape index (κ1) is 10.8. The fourth-order valence-electron chi connectivity index (χ4n) is 2.24. The molecule has 76 valence electrons. The van der Waals surface area contributed by atoms with Crippen molar-refractivity contribution in [2.75, 3.05) is 6.61 Å². The minimum absolute atomic E-state index is 0.215. The van der Waals surface area contributed by atoms with Crippen LogP contribution in [-0.4, -0.2) is 11.7 Å². The maximum atomic E-state index is 8.87. The summed E-state index contributed by atoms with van der Waals surface area (Å²) in [5.41, 5.74) is 1.63. The van der Waals surface area contributed by atoms with Crippen molar-refractivity contribution in [2.45, 2.75) is 46.5 Å². The summed E-state index contributed by atoms with van der Waals surface area (Å²) in [6.45, 7) is 6.95. The van der Waals surface area contributed by atoms with E-state index in [-0.39, 0.29) is 6.61 Å². The Morgan fingerprint density at radius 2 is 2.23 bits per heavy atom. The van der Waals surface area contributed by atoms with Crippen LogP contribution in [0.1, 0.15) is 46.5 Å². The van der Waals surface area contributed by atoms with Gasteiger partial charge in [0.2, 0.25) is 0 Å². The third kappa shape index (κ3) is 2.84. The molecule has 0 radical (unpaired) electrons. The summed E-state index contributed by atoms with van der Waals surface area (Å²) < 4.78 is 0. The molecule has 0 heterocycles. The molecule has 13 heavy (non-hydrogen) atoms. The van der Waals surface area contributed by atoms with Crippen LogP contribution in [0.2, 0.25) is 0 Å². The number of hydrogen-bond acceptors (Lipinski definition) is 1. The van der Waals surface area contributed by atoms with Crippen molar-refractivity contribution in [3.8, 4) is 0 Å². The molecule has 1 fully saturated rings. The Bertz CT molecular complexity index is 191. The Kier molecular flexibility index (Phi) is 3.55. The second-order valence-corrected chi connectivity index (χ2v) is 5.02. The van der Waals surface area contributed by atoms with Crippen LogP contribution < -0.4 is 0 Å². The Morgan fingerprint density at radius 1 is 1.54 bits per heavy atom. The molecule has 0 spiro atoms. The van der Waals surface area contributed by atoms with Gasteiger partial charge >= 0.3 is 0 Å². The summed E-state index contributed by atoms with van der Waals surface area (Å²) in [6, 6.07) is 0. The molecule has 1 unspecified atom stereocenters. The summed E-state index contributed by atoms with van der Waals surface area (Å²) in [5, 5.41) is 8.87. The van der Waals surface area contributed by atoms with Crippen molar-refractivity contribution < 1.29 is 5.11 Å². The zero-order chi connectivity index (χ0) is 9.90. The summed E-state index contributed by atoms with van der Waals surface area (Å²) >= 11 is 0. The highest BCUT2D eigenvalue weighted by Crippen LogP contribution is 2.44. The van der Waals surface area contributed by atoms with E-state index in [0.29, 0.717) is 5.41 Å². The van der Waals surface area contributed by atoms with E-state index < -0.39 is 0 Å². The molecule has 1 nitrogen and oxygen atoms in total. The molecule has 1 rings (SSSR count). The van der Waals surface area contributed by atoms with E-state index in [9.17, 15) is 0 Å². The fourth-order valence-corrected chi connectivity index (χ4v) is 2.24. The normalized spacial score (nSPS) is 28.0. The van der Waals surface area contributed by atoms with Crippen LogP contribution in [-0.2, 0) is 0 Å². The van der Waals surface area contributed by atoms with Crippen LogP contribution >= 0.6 is 0 Å². The lowest BCUT2D eigenvalue weighted by atomic mass is 9.80. The van der Waals surface area contributed by atoms with Gasteiger partial charge in [-0.1, -0.05) is 31.9 Å². The molecular formula is C12H22O. The number of aliphatic hydroxyl groups is 1. The van der Waals surface area contributed by atoms with Crippen molar-refractivity contribution >= 4 is 0 Å². The molecular weight excluding hydrogens is 160 g/mol. The average Bonchev–Trinajstić information content (AvgIpc) is 2.41. The lowest BCUT2D eigenvalue weighted by molar-refractivity contribution is 0.260. The van der Waals surface area contributed by atoms with Gasteiger partial charge in [-0.05, 0) is 37.5 Å². The minimum atomic E-state index is 0.215. The molecule has 0 aromatic carbocycles. The van der Waals surface area contributed by atoms with E-state index in [4.69, 9.17) is 5.11 Å². The summed E-state index contributed by atoms with van der Waals surface area (Å²) in [7, 11) is 0. The summed E-state index contributed by atoms with van der Waals surface area (Å²) in [6.07, 6.45) is 7.46. The van der Waals surface area contributed by atoms with Crippen molar-refractivity contribution in [3.63, 3.8) is 0 Å². The molecule has 1 saturated carbocycles. The molecule has 0 saturated heterocycles. The second kappa shape index (κ2) is 4.28. The van der Waals surface area contributed by atoms with Crippen molar-refractivity contribution in [2.24, 2.45) is 11.3 Å². The number of rotatable bonds is 3. The third-order valence-electron chi connectivity index (χ3n) is 3.48. The van der Waals surface area contributed by atoms with Crippen LogP contribution in [0.4, 0.5) is 0 Å². The zero-order valence-electron chi connectivity index (χ0n) is 9.14. The van der Waals surface area contributed by atoms with Gasteiger partial charge in [0.25, 0.3) is 0 Å². The molecule has 1 heteroatoms. The van der Waals surface area contributed by atoms with Crippen LogP contribution in [0.3, 0.4) is 0 Å². The van der Waals surface area contributed by atoms with Crippen LogP contribution in [0.25, 0.3) is 0 Å². The lowest BCUT2D eigenvalue weighted by Gasteiger charge is -2.26. The van der Waals surface area contributed by atoms with Gasteiger partial charge in [-0.25, -0.2) is 0 Å². The van der Waals surface area contributed by atoms with Crippen LogP contribution in [0.15, 0.2) is 11.6 Å². The second-order valence-electron chi connectivity index (χ2n) is 5.02. The van der Waals surface area contributed by atoms with Gasteiger partial charge in [-0.15, -0.1) is 0 Å². The number of aliphatic hydroxyl groups excluding tert-OH is 1. The average molecular weight is 182 g/mol. The monoisotopic (exact) mass is 182 g/mol. The van der Waals surface area contributed by atoms with Crippen molar-refractivity contribution in [3.05, 3.63) is 11.6 Å². The predicted octanol–water partition coefficient (Wildman–Crippen LogP) is 3.14. The first-order chi connectivity index (χ1) is 6.06. The molecule has 0 aromatic rings. The van der Waals surface area contributed by atoms with Gasteiger partial charge in [-0.2, -0.15) is 0 Å². The van der Waals surface area contributed by atoms with Gasteiger partial charge in [0.15, 0.2) is 0 Å². The van der Waals surface area contributed by atoms with Gasteiger partial charge in [0, 0.05) is 0 Å². The SMILES string of the molecule is CC(=CCC1CCCC1(C)C)CO. The highest BCUT2D eigenvalue weighted by atomic mass is 16.3. The van der Waals surface area contributed by atoms with E-state index in [0.717, 1.165) is 17.9 Å². The first-order valence-corrected chi connectivity index (χ1v) is 5.33. The van der Waals surface area contributed by atoms with E-state index in [2.05, 4.69) is 19.9 Å². The first-order valence-electron chi connectivity index (χ1n) is 5.33. The molecule has 0 aliphatic heterocycles. The quantitative estimate of drug-likeness (QED) is 0.665. The highest BCUT2D eigenvalue weighted by Gasteiger charge is 2.33. The number of allylic oxidation sites excluding steroid dienone is 1. The minimum Gasteiger partial charge on any atom is -0.392 e. The lowest BCUT2D eigenvalue weighted by Crippen LogP contribution is -2.16. The van der Waals surface area contributed by atoms with Gasteiger partial charge < -0.3 is 5.11 Å². The maximum Gasteiger partial charge on any atom is 0.0639 e. The van der Waals surface area contributed by atoms with E-state index in [1.807, 2.05) is 6.92 Å². The predicted molar refractivity (Wildman–Crippen MR) is 56.6 cm³/mol. The fraction of sp³-hybridized carbons (Fsp3) is 0.833. The standard InChI is InChI=1S/C12H22O/c1-10(9-13)6-7-11-5-4-8-12(11,2)3/h6,11,13H,4-5,7-9H2,1-3H3. The van der Waals surface area contributed by atoms with Crippen molar-refractivity contribution in [1.82, 2.24) is 0 Å². The Labute approximate surface area is 81.9 Å². The molecule has 1 aliphatic rings. The summed E-state index contributed by atoms with van der Waals surface area (Å²) in [4.78, 5) is 0. The molecule has 0 aromatic heterocycles. The third-order valence-corrected chi connectivity index (χ3v) is 3.48. The van der Waals surface area contributed by atoms with E-state index in [1.54, 1.807) is 0 Å².